The number of amides is 1. The van der Waals surface area contributed by atoms with Crippen molar-refractivity contribution in [1.29, 1.82) is 0 Å². The average Bonchev–Trinajstić information content (AvgIpc) is 3.11. The highest BCUT2D eigenvalue weighted by molar-refractivity contribution is 14.1. The summed E-state index contributed by atoms with van der Waals surface area (Å²) < 4.78 is 10.2. The smallest absolute Gasteiger partial charge is 0.264 e. The fraction of sp³-hybridized carbons (Fsp3) is 0.120. The number of carbonyl (C=O) groups is 1. The molecule has 1 fully saturated rings. The van der Waals surface area contributed by atoms with Gasteiger partial charge in [-0.15, -0.1) is 0 Å². The van der Waals surface area contributed by atoms with Crippen LogP contribution in [0.3, 0.4) is 0 Å². The first kappa shape index (κ1) is 26.2. The summed E-state index contributed by atoms with van der Waals surface area (Å²) in [5.41, 5.74) is 5.08. The van der Waals surface area contributed by atoms with Gasteiger partial charge in [0.25, 0.3) is 5.91 Å². The van der Waals surface area contributed by atoms with Crippen LogP contribution in [0.25, 0.3) is 6.08 Å². The van der Waals surface area contributed by atoms with E-state index >= 15 is 0 Å². The first-order valence-electron chi connectivity index (χ1n) is 10.1. The molecule has 1 amide bonds. The lowest BCUT2D eigenvalue weighted by atomic mass is 10.1. The molecule has 9 heteroatoms. The molecule has 0 aromatic heterocycles. The second kappa shape index (κ2) is 11.4. The van der Waals surface area contributed by atoms with E-state index < -0.39 is 0 Å². The largest absolute Gasteiger partial charge is 0.487 e. The van der Waals surface area contributed by atoms with Gasteiger partial charge in [-0.3, -0.25) is 4.79 Å². The Hall–Kier alpha value is -0.890. The van der Waals surface area contributed by atoms with Crippen LogP contribution >= 0.6 is 88.8 Å². The molecule has 174 valence electrons. The number of rotatable bonds is 5. The van der Waals surface area contributed by atoms with Gasteiger partial charge in [0, 0.05) is 8.95 Å². The number of ether oxygens (including phenoxy) is 1. The number of nitrogens with zero attached hydrogens (tertiary/aromatic N) is 1. The maximum Gasteiger partial charge on any atom is 0.264 e. The Morgan fingerprint density at radius 3 is 2.26 bits per heavy atom. The molecule has 0 radical (unpaired) electrons. The molecule has 0 unspecified atom stereocenters. The molecule has 1 aliphatic heterocycles. The summed E-state index contributed by atoms with van der Waals surface area (Å²) in [6, 6.07) is 16.1. The Balaban J connectivity index is 1.51. The molecule has 3 aromatic rings. The van der Waals surface area contributed by atoms with E-state index in [-0.39, 0.29) is 5.91 Å². The average molecular weight is 824 g/mol. The standard InChI is InChI=1S/C25H18Br2I2N2O2S/c1-13-7-18(8-14(2)22(13)27)30-25-31-24(32)21(34-25)11-16-9-19(28)23(20(29)10-16)33-12-15-3-5-17(26)6-4-15/h3-11H,12H2,1-2H3,(H,30,31,32)/b21-11-. The van der Waals surface area contributed by atoms with Gasteiger partial charge in [0.2, 0.25) is 0 Å². The van der Waals surface area contributed by atoms with E-state index in [9.17, 15) is 4.79 Å². The fourth-order valence-corrected chi connectivity index (χ4v) is 6.74. The molecule has 1 heterocycles. The lowest BCUT2D eigenvalue weighted by Gasteiger charge is -2.12. The zero-order valence-corrected chi connectivity index (χ0v) is 26.4. The molecule has 0 saturated carbocycles. The van der Waals surface area contributed by atoms with Crippen LogP contribution in [0.1, 0.15) is 22.3 Å². The quantitative estimate of drug-likeness (QED) is 0.208. The van der Waals surface area contributed by atoms with Crippen molar-refractivity contribution in [2.24, 2.45) is 4.99 Å². The summed E-state index contributed by atoms with van der Waals surface area (Å²) in [7, 11) is 0. The maximum atomic E-state index is 12.6. The predicted molar refractivity (Wildman–Crippen MR) is 165 cm³/mol. The van der Waals surface area contributed by atoms with E-state index in [1.165, 1.54) is 11.8 Å². The van der Waals surface area contributed by atoms with Gasteiger partial charge < -0.3 is 10.1 Å². The summed E-state index contributed by atoms with van der Waals surface area (Å²) in [6.07, 6.45) is 1.89. The molecule has 4 nitrogen and oxygen atoms in total. The van der Waals surface area contributed by atoms with E-state index in [2.05, 4.69) is 87.4 Å². The number of amidine groups is 1. The Morgan fingerprint density at radius 2 is 1.65 bits per heavy atom. The van der Waals surface area contributed by atoms with Crippen LogP contribution in [0.2, 0.25) is 0 Å². The topological polar surface area (TPSA) is 50.7 Å². The maximum absolute atomic E-state index is 12.6. The number of hydrogen-bond acceptors (Lipinski definition) is 4. The molecular weight excluding hydrogens is 806 g/mol. The van der Waals surface area contributed by atoms with Gasteiger partial charge in [-0.05, 0) is 136 Å². The monoisotopic (exact) mass is 822 g/mol. The van der Waals surface area contributed by atoms with E-state index in [0.717, 1.165) is 49.8 Å². The Morgan fingerprint density at radius 1 is 1.03 bits per heavy atom. The van der Waals surface area contributed by atoms with E-state index in [1.807, 2.05) is 68.5 Å². The van der Waals surface area contributed by atoms with Crippen molar-refractivity contribution in [2.75, 3.05) is 0 Å². The summed E-state index contributed by atoms with van der Waals surface area (Å²) in [4.78, 5) is 17.8. The van der Waals surface area contributed by atoms with Crippen LogP contribution in [0, 0.1) is 21.0 Å². The molecule has 4 rings (SSSR count). The van der Waals surface area contributed by atoms with Gasteiger partial charge in [0.05, 0.1) is 17.7 Å². The number of thioether (sulfide) groups is 1. The Kier molecular flexibility index (Phi) is 8.81. The minimum atomic E-state index is -0.144. The lowest BCUT2D eigenvalue weighted by Crippen LogP contribution is -2.19. The van der Waals surface area contributed by atoms with Crippen LogP contribution in [-0.2, 0) is 11.4 Å². The molecule has 1 saturated heterocycles. The highest BCUT2D eigenvalue weighted by Crippen LogP contribution is 2.34. The molecule has 0 spiro atoms. The van der Waals surface area contributed by atoms with Crippen LogP contribution in [0.5, 0.6) is 5.75 Å². The summed E-state index contributed by atoms with van der Waals surface area (Å²) in [5.74, 6) is 0.702. The molecule has 1 aliphatic rings. The zero-order chi connectivity index (χ0) is 24.4. The Labute approximate surface area is 247 Å². The normalized spacial score (nSPS) is 15.8. The minimum Gasteiger partial charge on any atom is -0.487 e. The summed E-state index contributed by atoms with van der Waals surface area (Å²) in [6.45, 7) is 4.55. The van der Waals surface area contributed by atoms with Gasteiger partial charge in [0.15, 0.2) is 5.17 Å². The van der Waals surface area contributed by atoms with Crippen LogP contribution in [0.15, 0.2) is 67.4 Å². The SMILES string of the molecule is Cc1cc(N=C2NC(=O)/C(=C/c3cc(I)c(OCc4ccc(Br)cc4)c(I)c3)S2)cc(C)c1Br. The molecule has 34 heavy (non-hydrogen) atoms. The molecule has 0 atom stereocenters. The van der Waals surface area contributed by atoms with E-state index in [0.29, 0.717) is 16.7 Å². The van der Waals surface area contributed by atoms with Gasteiger partial charge >= 0.3 is 0 Å². The second-order valence-electron chi connectivity index (χ2n) is 7.60. The third kappa shape index (κ3) is 6.45. The molecular formula is C25H18Br2I2N2O2S. The third-order valence-corrected chi connectivity index (χ3v) is 9.21. The van der Waals surface area contributed by atoms with Crippen LogP contribution in [0.4, 0.5) is 5.69 Å². The number of hydrogen-bond donors (Lipinski definition) is 1. The number of halogens is 4. The number of nitrogens with one attached hydrogen (secondary N) is 1. The third-order valence-electron chi connectivity index (χ3n) is 4.92. The first-order valence-corrected chi connectivity index (χ1v) is 14.7. The predicted octanol–water partition coefficient (Wildman–Crippen LogP) is 8.51. The van der Waals surface area contributed by atoms with Crippen molar-refractivity contribution in [3.63, 3.8) is 0 Å². The van der Waals surface area contributed by atoms with Gasteiger partial charge in [-0.25, -0.2) is 4.99 Å². The van der Waals surface area contributed by atoms with Crippen molar-refractivity contribution in [1.82, 2.24) is 5.32 Å². The fourth-order valence-electron chi connectivity index (χ4n) is 3.27. The highest BCUT2D eigenvalue weighted by Gasteiger charge is 2.24. The van der Waals surface area contributed by atoms with Crippen molar-refractivity contribution in [3.8, 4) is 5.75 Å². The number of aliphatic imine (C=N–C) groups is 1. The second-order valence-corrected chi connectivity index (χ2v) is 12.7. The molecule has 0 aliphatic carbocycles. The molecule has 3 aromatic carbocycles. The zero-order valence-electron chi connectivity index (χ0n) is 18.1. The number of carbonyl (C=O) groups excluding carboxylic acids is 1. The molecule has 0 bridgehead atoms. The number of aryl methyl sites for hydroxylation is 2. The van der Waals surface area contributed by atoms with Gasteiger partial charge in [-0.1, -0.05) is 44.0 Å². The van der Waals surface area contributed by atoms with Crippen molar-refractivity contribution in [3.05, 3.63) is 91.8 Å². The Bertz CT molecular complexity index is 1300. The molecule has 1 N–H and O–H groups in total. The van der Waals surface area contributed by atoms with Crippen molar-refractivity contribution < 1.29 is 9.53 Å². The van der Waals surface area contributed by atoms with E-state index in [1.54, 1.807) is 0 Å². The summed E-state index contributed by atoms with van der Waals surface area (Å²) >= 11 is 12.9. The van der Waals surface area contributed by atoms with Crippen LogP contribution < -0.4 is 10.1 Å². The number of benzene rings is 3. The van der Waals surface area contributed by atoms with E-state index in [4.69, 9.17) is 4.74 Å². The summed E-state index contributed by atoms with van der Waals surface area (Å²) in [5, 5.41) is 3.45. The highest BCUT2D eigenvalue weighted by atomic mass is 127. The van der Waals surface area contributed by atoms with Crippen LogP contribution in [-0.4, -0.2) is 11.1 Å². The van der Waals surface area contributed by atoms with Gasteiger partial charge in [-0.2, -0.15) is 0 Å². The minimum absolute atomic E-state index is 0.144. The first-order chi connectivity index (χ1) is 16.2. The van der Waals surface area contributed by atoms with Crippen molar-refractivity contribution >= 4 is 112 Å². The van der Waals surface area contributed by atoms with Gasteiger partial charge in [0.1, 0.15) is 12.4 Å². The lowest BCUT2D eigenvalue weighted by molar-refractivity contribution is -0.115. The van der Waals surface area contributed by atoms with Crippen molar-refractivity contribution in [2.45, 2.75) is 20.5 Å².